The van der Waals surface area contributed by atoms with Gasteiger partial charge in [0.25, 0.3) is 0 Å². The molecule has 0 saturated carbocycles. The Hall–Kier alpha value is -4.99. The molecular weight excluding hydrogens is 745 g/mol. The van der Waals surface area contributed by atoms with Gasteiger partial charge in [-0.3, -0.25) is 43.2 Å². The summed E-state index contributed by atoms with van der Waals surface area (Å²) in [5, 5.41) is 18.9. The standard InChI is InChI=1S/C31H43F2N9O9S2/c1-4-15(2)27-31(51)38-11-25(46)40-20(7-17-5-18(32)8-19(33)6-17)29(49)36-9-23(44)35-10-24(45)41-21(28(34)48)13-52-53-14-22(39-16(3)43)30(50)37-12-26(47)42-27/h5-6,8,15,20-22,27H,4,7,9-14H2,1-3H3,(H2,34,48)(H,35,44)(H,36,49)(H,37,50)(H,38,51)(H,39,43)(H,40,46)(H,41,45)(H,42,47)/t15-,20-,21-,22-,27-/m0/s1. The van der Waals surface area contributed by atoms with Gasteiger partial charge in [-0.05, 0) is 23.6 Å². The number of carbonyl (C=O) groups is 9. The average molecular weight is 788 g/mol. The van der Waals surface area contributed by atoms with Crippen LogP contribution in [0, 0.1) is 17.6 Å². The van der Waals surface area contributed by atoms with Crippen LogP contribution in [0.15, 0.2) is 18.2 Å². The maximum atomic E-state index is 13.9. The van der Waals surface area contributed by atoms with Crippen LogP contribution in [0.2, 0.25) is 0 Å². The van der Waals surface area contributed by atoms with E-state index in [-0.39, 0.29) is 17.1 Å². The Kier molecular flexibility index (Phi) is 18.5. The van der Waals surface area contributed by atoms with E-state index in [9.17, 15) is 51.9 Å². The van der Waals surface area contributed by atoms with Crippen molar-refractivity contribution in [3.63, 3.8) is 0 Å². The third-order valence-electron chi connectivity index (χ3n) is 7.47. The second kappa shape index (κ2) is 22.2. The SMILES string of the molecule is CC[C@H](C)[C@@H]1NC(=O)CNC(=O)[C@@H](NC(C)=O)CSSC[C@@H](C(N)=O)NC(=O)CNC(=O)CNC(=O)[C@H](Cc2cc(F)cc(F)c2)NC(=O)CNC1=O. The van der Waals surface area contributed by atoms with E-state index >= 15 is 0 Å². The van der Waals surface area contributed by atoms with E-state index in [1.807, 2.05) is 0 Å². The lowest BCUT2D eigenvalue weighted by molar-refractivity contribution is -0.133. The molecule has 9 amide bonds. The summed E-state index contributed by atoms with van der Waals surface area (Å²) >= 11 is 0. The van der Waals surface area contributed by atoms with E-state index in [1.165, 1.54) is 6.92 Å². The maximum absolute atomic E-state index is 13.9. The highest BCUT2D eigenvalue weighted by Crippen LogP contribution is 2.23. The van der Waals surface area contributed by atoms with Gasteiger partial charge in [0.1, 0.15) is 35.8 Å². The van der Waals surface area contributed by atoms with Crippen LogP contribution in [-0.2, 0) is 49.6 Å². The molecule has 18 nitrogen and oxygen atoms in total. The number of halogens is 2. The summed E-state index contributed by atoms with van der Waals surface area (Å²) in [6.45, 7) is 1.98. The van der Waals surface area contributed by atoms with Gasteiger partial charge in [-0.1, -0.05) is 41.9 Å². The van der Waals surface area contributed by atoms with Crippen LogP contribution < -0.4 is 48.3 Å². The van der Waals surface area contributed by atoms with Gasteiger partial charge in [-0.2, -0.15) is 0 Å². The summed E-state index contributed by atoms with van der Waals surface area (Å²) in [5.41, 5.74) is 5.37. The van der Waals surface area contributed by atoms with Crippen LogP contribution in [-0.4, -0.2) is 115 Å². The fourth-order valence-corrected chi connectivity index (χ4v) is 6.89. The highest BCUT2D eigenvalue weighted by Gasteiger charge is 2.29. The largest absolute Gasteiger partial charge is 0.368 e. The highest BCUT2D eigenvalue weighted by molar-refractivity contribution is 8.76. The van der Waals surface area contributed by atoms with Crippen LogP contribution in [0.3, 0.4) is 0 Å². The zero-order valence-electron chi connectivity index (χ0n) is 29.1. The molecule has 0 unspecified atom stereocenters. The van der Waals surface area contributed by atoms with Crippen molar-refractivity contribution < 1.29 is 51.9 Å². The molecule has 1 aliphatic heterocycles. The smallest absolute Gasteiger partial charge is 0.243 e. The molecule has 2 rings (SSSR count). The predicted molar refractivity (Wildman–Crippen MR) is 189 cm³/mol. The van der Waals surface area contributed by atoms with Crippen molar-refractivity contribution in [3.8, 4) is 0 Å². The minimum atomic E-state index is -1.50. The van der Waals surface area contributed by atoms with Gasteiger partial charge >= 0.3 is 0 Å². The summed E-state index contributed by atoms with van der Waals surface area (Å²) in [6.07, 6.45) is -0.0220. The molecule has 0 radical (unpaired) electrons. The van der Waals surface area contributed by atoms with Crippen molar-refractivity contribution in [2.24, 2.45) is 11.7 Å². The number of primary amides is 1. The molecule has 1 heterocycles. The van der Waals surface area contributed by atoms with E-state index < -0.39 is 127 Å². The molecule has 1 aromatic carbocycles. The van der Waals surface area contributed by atoms with E-state index in [0.29, 0.717) is 12.5 Å². The fourth-order valence-electron chi connectivity index (χ4n) is 4.55. The summed E-state index contributed by atoms with van der Waals surface area (Å²) in [5.74, 6) is -9.72. The Morgan fingerprint density at radius 2 is 1.30 bits per heavy atom. The van der Waals surface area contributed by atoms with Crippen LogP contribution in [0.1, 0.15) is 32.8 Å². The monoisotopic (exact) mass is 787 g/mol. The van der Waals surface area contributed by atoms with E-state index in [2.05, 4.69) is 42.5 Å². The summed E-state index contributed by atoms with van der Waals surface area (Å²) < 4.78 is 27.8. The number of amides is 9. The molecule has 0 bridgehead atoms. The van der Waals surface area contributed by atoms with E-state index in [4.69, 9.17) is 5.73 Å². The molecule has 0 aliphatic carbocycles. The third kappa shape index (κ3) is 16.5. The summed E-state index contributed by atoms with van der Waals surface area (Å²) in [6, 6.07) is -2.52. The number of benzene rings is 1. The molecule has 1 saturated heterocycles. The summed E-state index contributed by atoms with van der Waals surface area (Å²) in [7, 11) is 2.09. The van der Waals surface area contributed by atoms with E-state index in [0.717, 1.165) is 33.7 Å². The number of rotatable bonds is 6. The zero-order chi connectivity index (χ0) is 39.7. The molecule has 22 heteroatoms. The number of hydrogen-bond acceptors (Lipinski definition) is 11. The number of nitrogens with one attached hydrogen (secondary N) is 8. The Morgan fingerprint density at radius 1 is 0.774 bits per heavy atom. The minimum absolute atomic E-state index is 0.0247. The first-order valence-corrected chi connectivity index (χ1v) is 18.7. The molecular formula is C31H43F2N9O9S2. The quantitative estimate of drug-likeness (QED) is 0.130. The summed E-state index contributed by atoms with van der Waals surface area (Å²) in [4.78, 5) is 113. The van der Waals surface area contributed by atoms with Crippen molar-refractivity contribution >= 4 is 74.8 Å². The fraction of sp³-hybridized carbons (Fsp3) is 0.516. The van der Waals surface area contributed by atoms with Gasteiger partial charge in [-0.15, -0.1) is 0 Å². The number of nitrogens with two attached hydrogens (primary N) is 1. The first-order chi connectivity index (χ1) is 25.0. The van der Waals surface area contributed by atoms with Crippen molar-refractivity contribution in [3.05, 3.63) is 35.4 Å². The Labute approximate surface area is 311 Å². The topological polar surface area (TPSA) is 276 Å². The molecule has 292 valence electrons. The Morgan fingerprint density at radius 3 is 1.91 bits per heavy atom. The molecule has 5 atom stereocenters. The van der Waals surface area contributed by atoms with Gasteiger partial charge in [0.05, 0.1) is 26.2 Å². The van der Waals surface area contributed by atoms with Crippen LogP contribution in [0.25, 0.3) is 0 Å². The Bertz CT molecular complexity index is 1540. The molecule has 53 heavy (non-hydrogen) atoms. The number of carbonyl (C=O) groups excluding carboxylic acids is 9. The lowest BCUT2D eigenvalue weighted by Crippen LogP contribution is -2.56. The Balaban J connectivity index is 2.31. The molecule has 10 N–H and O–H groups in total. The van der Waals surface area contributed by atoms with Gasteiger partial charge < -0.3 is 48.3 Å². The first-order valence-electron chi connectivity index (χ1n) is 16.2. The van der Waals surface area contributed by atoms with Crippen molar-refractivity contribution in [2.75, 3.05) is 37.7 Å². The second-order valence-electron chi connectivity index (χ2n) is 11.8. The van der Waals surface area contributed by atoms with Gasteiger partial charge in [0.15, 0.2) is 0 Å². The normalized spacial score (nSPS) is 23.1. The molecule has 1 aliphatic rings. The van der Waals surface area contributed by atoms with Crippen molar-refractivity contribution in [1.29, 1.82) is 0 Å². The first kappa shape index (κ1) is 44.2. The number of hydrogen-bond donors (Lipinski definition) is 9. The molecule has 0 spiro atoms. The molecule has 1 aromatic rings. The third-order valence-corrected chi connectivity index (χ3v) is 9.89. The lowest BCUT2D eigenvalue weighted by Gasteiger charge is -2.24. The molecule has 1 fully saturated rings. The van der Waals surface area contributed by atoms with Crippen molar-refractivity contribution in [1.82, 2.24) is 42.5 Å². The van der Waals surface area contributed by atoms with Crippen LogP contribution in [0.4, 0.5) is 8.78 Å². The van der Waals surface area contributed by atoms with Gasteiger partial charge in [0.2, 0.25) is 53.2 Å². The highest BCUT2D eigenvalue weighted by atomic mass is 33.1. The predicted octanol–water partition coefficient (Wildman–Crippen LogP) is -3.14. The van der Waals surface area contributed by atoms with Crippen molar-refractivity contribution in [2.45, 2.75) is 57.8 Å². The van der Waals surface area contributed by atoms with Crippen LogP contribution in [0.5, 0.6) is 0 Å². The van der Waals surface area contributed by atoms with E-state index in [1.54, 1.807) is 13.8 Å². The van der Waals surface area contributed by atoms with Gasteiger partial charge in [-0.25, -0.2) is 8.78 Å². The minimum Gasteiger partial charge on any atom is -0.368 e. The maximum Gasteiger partial charge on any atom is 0.243 e. The lowest BCUT2D eigenvalue weighted by atomic mass is 9.98. The zero-order valence-corrected chi connectivity index (χ0v) is 30.7. The van der Waals surface area contributed by atoms with Crippen LogP contribution >= 0.6 is 21.6 Å². The second-order valence-corrected chi connectivity index (χ2v) is 14.4. The molecule has 0 aromatic heterocycles. The average Bonchev–Trinajstić information content (AvgIpc) is 3.08. The van der Waals surface area contributed by atoms with Gasteiger partial charge in [0, 0.05) is 30.9 Å².